The first kappa shape index (κ1) is 33.1. The van der Waals surface area contributed by atoms with Crippen LogP contribution in [-0.2, 0) is 30.3 Å². The number of ketones is 1. The molecule has 0 aliphatic carbocycles. The largest absolute Gasteiger partial charge is 0.493 e. The maximum absolute atomic E-state index is 13.9. The van der Waals surface area contributed by atoms with Crippen molar-refractivity contribution in [3.8, 4) is 11.5 Å². The van der Waals surface area contributed by atoms with E-state index in [0.29, 0.717) is 16.9 Å². The molecule has 2 atom stereocenters. The van der Waals surface area contributed by atoms with Gasteiger partial charge in [-0.1, -0.05) is 44.2 Å². The van der Waals surface area contributed by atoms with Gasteiger partial charge in [0.1, 0.15) is 25.2 Å². The molecule has 2 aromatic rings. The number of nitrogens with one attached hydrogen (secondary N) is 1. The lowest BCUT2D eigenvalue weighted by atomic mass is 9.96. The molecule has 1 N–H and O–H groups in total. The Bertz CT molecular complexity index is 1360. The van der Waals surface area contributed by atoms with Crippen LogP contribution in [0.15, 0.2) is 54.7 Å². The Morgan fingerprint density at radius 2 is 1.63 bits per heavy atom. The minimum absolute atomic E-state index is 0.101. The Balaban J connectivity index is 2.04. The molecule has 1 aliphatic rings. The molecule has 232 valence electrons. The number of halogens is 3. The number of carbonyl (C=O) groups is 4. The van der Waals surface area contributed by atoms with E-state index in [-0.39, 0.29) is 18.1 Å². The third kappa shape index (κ3) is 7.92. The van der Waals surface area contributed by atoms with Gasteiger partial charge in [-0.2, -0.15) is 13.2 Å². The molecule has 1 heterocycles. The lowest BCUT2D eigenvalue weighted by Crippen LogP contribution is -2.57. The molecule has 0 fully saturated rings. The molecule has 10 nitrogen and oxygen atoms in total. The van der Waals surface area contributed by atoms with Crippen molar-refractivity contribution in [1.82, 2.24) is 15.1 Å². The minimum Gasteiger partial charge on any atom is -0.493 e. The fourth-order valence-electron chi connectivity index (χ4n) is 4.74. The van der Waals surface area contributed by atoms with Crippen molar-refractivity contribution in [2.45, 2.75) is 38.5 Å². The topological polar surface area (TPSA) is 114 Å². The number of methoxy groups -OCH3 is 3. The quantitative estimate of drug-likeness (QED) is 0.395. The van der Waals surface area contributed by atoms with Crippen LogP contribution in [0.4, 0.5) is 13.2 Å². The van der Waals surface area contributed by atoms with Crippen molar-refractivity contribution >= 4 is 29.2 Å². The molecule has 0 spiro atoms. The van der Waals surface area contributed by atoms with E-state index in [1.54, 1.807) is 44.2 Å². The summed E-state index contributed by atoms with van der Waals surface area (Å²) < 4.78 is 56.0. The van der Waals surface area contributed by atoms with Crippen molar-refractivity contribution in [1.29, 1.82) is 0 Å². The maximum atomic E-state index is 13.9. The molecule has 3 amide bonds. The highest BCUT2D eigenvalue weighted by atomic mass is 19.4. The van der Waals surface area contributed by atoms with Crippen LogP contribution in [0.3, 0.4) is 0 Å². The smallest absolute Gasteiger partial charge is 0.452 e. The van der Waals surface area contributed by atoms with Gasteiger partial charge in [0.2, 0.25) is 5.91 Å². The summed E-state index contributed by atoms with van der Waals surface area (Å²) in [5.41, 5.74) is 0.852. The minimum atomic E-state index is -5.21. The normalized spacial score (nSPS) is 16.1. The summed E-state index contributed by atoms with van der Waals surface area (Å²) in [5.74, 6) is -4.05. The number of rotatable bonds is 12. The van der Waals surface area contributed by atoms with Crippen LogP contribution in [0.2, 0.25) is 0 Å². The van der Waals surface area contributed by atoms with E-state index in [1.807, 2.05) is 0 Å². The van der Waals surface area contributed by atoms with Crippen LogP contribution in [0.25, 0.3) is 5.70 Å². The van der Waals surface area contributed by atoms with Crippen molar-refractivity contribution in [3.05, 3.63) is 65.9 Å². The molecule has 1 aliphatic heterocycles. The number of ether oxygens (including phenoxy) is 3. The summed E-state index contributed by atoms with van der Waals surface area (Å²) in [6.07, 6.45) is -4.22. The van der Waals surface area contributed by atoms with Crippen LogP contribution in [0.5, 0.6) is 11.5 Å². The van der Waals surface area contributed by atoms with Crippen LogP contribution in [0.1, 0.15) is 25.0 Å². The Morgan fingerprint density at radius 1 is 0.977 bits per heavy atom. The fourth-order valence-corrected chi connectivity index (χ4v) is 4.74. The SMILES string of the molecule is COCC(=O)N1C=C(c2ccc(OC)c(OC)c2)N(CC(=O)NC(Cc2ccccc2)C(=O)C(F)(F)F)C(=O)C1C(C)C. The van der Waals surface area contributed by atoms with E-state index in [9.17, 15) is 32.3 Å². The average molecular weight is 606 g/mol. The van der Waals surface area contributed by atoms with Gasteiger partial charge in [0.05, 0.1) is 19.9 Å². The third-order valence-electron chi connectivity index (χ3n) is 6.75. The molecule has 0 saturated heterocycles. The van der Waals surface area contributed by atoms with E-state index < -0.39 is 60.6 Å². The number of benzene rings is 2. The van der Waals surface area contributed by atoms with E-state index >= 15 is 0 Å². The Kier molecular flexibility index (Phi) is 10.9. The zero-order chi connectivity index (χ0) is 31.9. The number of carbonyl (C=O) groups excluding carboxylic acids is 4. The zero-order valence-electron chi connectivity index (χ0n) is 24.4. The van der Waals surface area contributed by atoms with Gasteiger partial charge in [-0.05, 0) is 29.7 Å². The van der Waals surface area contributed by atoms with Crippen molar-refractivity contribution in [2.24, 2.45) is 5.92 Å². The van der Waals surface area contributed by atoms with Crippen LogP contribution < -0.4 is 14.8 Å². The molecule has 2 unspecified atom stereocenters. The summed E-state index contributed by atoms with van der Waals surface area (Å²) in [5, 5.41) is 2.18. The number of hydrogen-bond acceptors (Lipinski definition) is 7. The lowest BCUT2D eigenvalue weighted by Gasteiger charge is -2.41. The second-order valence-electron chi connectivity index (χ2n) is 10.1. The Hall–Kier alpha value is -4.39. The van der Waals surface area contributed by atoms with Crippen LogP contribution in [-0.4, -0.2) is 86.0 Å². The lowest BCUT2D eigenvalue weighted by molar-refractivity contribution is -0.173. The van der Waals surface area contributed by atoms with Crippen molar-refractivity contribution in [2.75, 3.05) is 34.5 Å². The molecule has 2 aromatic carbocycles. The summed E-state index contributed by atoms with van der Waals surface area (Å²) in [4.78, 5) is 54.8. The van der Waals surface area contributed by atoms with Gasteiger partial charge in [-0.25, -0.2) is 0 Å². The molecule has 3 rings (SSSR count). The molecule has 0 bridgehead atoms. The first-order valence-corrected chi connectivity index (χ1v) is 13.3. The number of hydrogen-bond donors (Lipinski definition) is 1. The third-order valence-corrected chi connectivity index (χ3v) is 6.75. The van der Waals surface area contributed by atoms with Gasteiger partial charge in [-0.3, -0.25) is 24.1 Å². The first-order valence-electron chi connectivity index (χ1n) is 13.3. The molecule has 0 saturated carbocycles. The van der Waals surface area contributed by atoms with Gasteiger partial charge < -0.3 is 24.4 Å². The van der Waals surface area contributed by atoms with Crippen molar-refractivity contribution < 1.29 is 46.6 Å². The van der Waals surface area contributed by atoms with Crippen molar-refractivity contribution in [3.63, 3.8) is 0 Å². The molecule has 43 heavy (non-hydrogen) atoms. The summed E-state index contributed by atoms with van der Waals surface area (Å²) in [6.45, 7) is 2.36. The predicted octanol–water partition coefficient (Wildman–Crippen LogP) is 3.20. The first-order chi connectivity index (χ1) is 20.3. The van der Waals surface area contributed by atoms with Gasteiger partial charge in [0.15, 0.2) is 11.5 Å². The number of nitrogens with zero attached hydrogens (tertiary/aromatic N) is 2. The number of alkyl halides is 3. The Labute approximate surface area is 247 Å². The number of Topliss-reactive ketones (excluding diaryl/α,β-unsaturated/α-hetero) is 1. The van der Waals surface area contributed by atoms with E-state index in [2.05, 4.69) is 5.32 Å². The highest BCUT2D eigenvalue weighted by Crippen LogP contribution is 2.35. The van der Waals surface area contributed by atoms with E-state index in [1.165, 1.54) is 50.6 Å². The zero-order valence-corrected chi connectivity index (χ0v) is 24.4. The Morgan fingerprint density at radius 3 is 2.19 bits per heavy atom. The molecular formula is C30H34F3N3O7. The maximum Gasteiger partial charge on any atom is 0.452 e. The second-order valence-corrected chi connectivity index (χ2v) is 10.1. The van der Waals surface area contributed by atoms with Crippen LogP contribution in [0, 0.1) is 5.92 Å². The van der Waals surface area contributed by atoms with E-state index in [4.69, 9.17) is 14.2 Å². The highest BCUT2D eigenvalue weighted by Gasteiger charge is 2.45. The summed E-state index contributed by atoms with van der Waals surface area (Å²) >= 11 is 0. The molecule has 13 heteroatoms. The highest BCUT2D eigenvalue weighted by molar-refractivity contribution is 6.01. The molecular weight excluding hydrogens is 571 g/mol. The fraction of sp³-hybridized carbons (Fsp3) is 0.400. The average Bonchev–Trinajstić information content (AvgIpc) is 2.96. The second kappa shape index (κ2) is 14.2. The molecule has 0 aromatic heterocycles. The van der Waals surface area contributed by atoms with Gasteiger partial charge in [0, 0.05) is 25.3 Å². The molecule has 0 radical (unpaired) electrons. The number of amides is 3. The summed E-state index contributed by atoms with van der Waals surface area (Å²) in [7, 11) is 4.17. The van der Waals surface area contributed by atoms with E-state index in [0.717, 1.165) is 4.90 Å². The van der Waals surface area contributed by atoms with Gasteiger partial charge >= 0.3 is 6.18 Å². The standard InChI is InChI=1S/C30H34F3N3O7/c1-18(2)27-29(40)35(16-25(37)34-21(28(39)30(31,32)33)13-19-9-7-6-8-10-19)22(15-36(27)26(38)17-41-3)20-11-12-23(42-4)24(14-20)43-5/h6-12,14-15,18,21,27H,13,16-17H2,1-5H3,(H,34,37). The summed E-state index contributed by atoms with van der Waals surface area (Å²) in [6, 6.07) is 9.63. The van der Waals surface area contributed by atoms with Gasteiger partial charge in [0.25, 0.3) is 17.6 Å². The van der Waals surface area contributed by atoms with Crippen LogP contribution >= 0.6 is 0 Å². The van der Waals surface area contributed by atoms with Gasteiger partial charge in [-0.15, -0.1) is 0 Å². The monoisotopic (exact) mass is 605 g/mol. The predicted molar refractivity (Wildman–Crippen MR) is 150 cm³/mol.